The highest BCUT2D eigenvalue weighted by Crippen LogP contribution is 2.41. The van der Waals surface area contributed by atoms with Crippen LogP contribution in [0.3, 0.4) is 0 Å². The molecule has 0 unspecified atom stereocenters. The largest absolute Gasteiger partial charge is 0.493 e. The first-order valence-electron chi connectivity index (χ1n) is 8.95. The van der Waals surface area contributed by atoms with E-state index >= 15 is 0 Å². The molecule has 0 radical (unpaired) electrons. The number of nitrogens with zero attached hydrogens (tertiary/aromatic N) is 2. The first-order chi connectivity index (χ1) is 13.1. The molecule has 1 saturated heterocycles. The number of hydrogen-bond acceptors (Lipinski definition) is 5. The van der Waals surface area contributed by atoms with E-state index in [4.69, 9.17) is 14.2 Å². The fraction of sp³-hybridized carbons (Fsp3) is 0.381. The molecular weight excluding hydrogens is 344 g/mol. The summed E-state index contributed by atoms with van der Waals surface area (Å²) in [5.74, 6) is 1.79. The number of ether oxygens (including phenoxy) is 3. The highest BCUT2D eigenvalue weighted by molar-refractivity contribution is 5.95. The molecule has 1 fully saturated rings. The molecule has 0 aromatic heterocycles. The van der Waals surface area contributed by atoms with Crippen LogP contribution in [0, 0.1) is 0 Å². The summed E-state index contributed by atoms with van der Waals surface area (Å²) < 4.78 is 16.3. The summed E-state index contributed by atoms with van der Waals surface area (Å²) in [6, 6.07) is 11.4. The van der Waals surface area contributed by atoms with E-state index in [0.29, 0.717) is 22.8 Å². The van der Waals surface area contributed by atoms with Crippen molar-refractivity contribution in [2.24, 2.45) is 0 Å². The zero-order valence-corrected chi connectivity index (χ0v) is 16.3. The van der Waals surface area contributed by atoms with Gasteiger partial charge in [0.15, 0.2) is 11.5 Å². The van der Waals surface area contributed by atoms with E-state index in [-0.39, 0.29) is 5.91 Å². The highest BCUT2D eigenvalue weighted by atomic mass is 16.5. The third kappa shape index (κ3) is 4.01. The lowest BCUT2D eigenvalue weighted by Gasteiger charge is -2.32. The maximum Gasteiger partial charge on any atom is 0.253 e. The van der Waals surface area contributed by atoms with Crippen LogP contribution in [0.1, 0.15) is 10.4 Å². The van der Waals surface area contributed by atoms with Crippen LogP contribution in [0.25, 0.3) is 11.1 Å². The zero-order chi connectivity index (χ0) is 19.4. The number of carbonyl (C=O) groups excluding carboxylic acids is 1. The first kappa shape index (κ1) is 19.0. The van der Waals surface area contributed by atoms with Crippen LogP contribution in [0.15, 0.2) is 36.4 Å². The van der Waals surface area contributed by atoms with Crippen molar-refractivity contribution in [2.45, 2.75) is 0 Å². The molecule has 0 spiro atoms. The fourth-order valence-electron chi connectivity index (χ4n) is 3.27. The summed E-state index contributed by atoms with van der Waals surface area (Å²) in [6.45, 7) is 3.31. The van der Waals surface area contributed by atoms with Crippen molar-refractivity contribution in [3.63, 3.8) is 0 Å². The van der Waals surface area contributed by atoms with Crippen LogP contribution in [-0.4, -0.2) is 70.3 Å². The third-order valence-electron chi connectivity index (χ3n) is 4.90. The number of methoxy groups -OCH3 is 3. The van der Waals surface area contributed by atoms with Gasteiger partial charge in [-0.1, -0.05) is 12.1 Å². The molecule has 1 heterocycles. The van der Waals surface area contributed by atoms with Gasteiger partial charge in [0.25, 0.3) is 5.91 Å². The molecule has 2 aromatic carbocycles. The van der Waals surface area contributed by atoms with Gasteiger partial charge in [-0.15, -0.1) is 0 Å². The molecule has 27 heavy (non-hydrogen) atoms. The summed E-state index contributed by atoms with van der Waals surface area (Å²) in [4.78, 5) is 17.0. The van der Waals surface area contributed by atoms with E-state index in [1.165, 1.54) is 0 Å². The van der Waals surface area contributed by atoms with E-state index in [1.54, 1.807) is 21.3 Å². The molecule has 0 saturated carbocycles. The second-order valence-corrected chi connectivity index (χ2v) is 6.59. The van der Waals surface area contributed by atoms with Crippen molar-refractivity contribution in [3.8, 4) is 28.4 Å². The van der Waals surface area contributed by atoms with Crippen molar-refractivity contribution in [2.75, 3.05) is 54.6 Å². The number of carbonyl (C=O) groups is 1. The van der Waals surface area contributed by atoms with Gasteiger partial charge < -0.3 is 24.0 Å². The number of amides is 1. The number of rotatable bonds is 5. The lowest BCUT2D eigenvalue weighted by Crippen LogP contribution is -2.47. The number of likely N-dealkylation sites (N-methyl/N-ethyl adjacent to an activating group) is 1. The van der Waals surface area contributed by atoms with E-state index in [2.05, 4.69) is 11.9 Å². The Labute approximate surface area is 160 Å². The molecule has 1 aliphatic heterocycles. The van der Waals surface area contributed by atoms with E-state index < -0.39 is 0 Å². The number of piperazine rings is 1. The molecule has 0 atom stereocenters. The van der Waals surface area contributed by atoms with Crippen LogP contribution in [0.2, 0.25) is 0 Å². The van der Waals surface area contributed by atoms with Crippen LogP contribution in [0.5, 0.6) is 17.2 Å². The van der Waals surface area contributed by atoms with Gasteiger partial charge in [-0.3, -0.25) is 4.79 Å². The Kier molecular flexibility index (Phi) is 5.86. The summed E-state index contributed by atoms with van der Waals surface area (Å²) in [5.41, 5.74) is 2.51. The first-order valence-corrected chi connectivity index (χ1v) is 8.95. The Bertz CT molecular complexity index is 789. The average molecular weight is 370 g/mol. The van der Waals surface area contributed by atoms with Crippen LogP contribution in [-0.2, 0) is 0 Å². The van der Waals surface area contributed by atoms with Crippen LogP contribution in [0.4, 0.5) is 0 Å². The minimum atomic E-state index is 0.0670. The predicted octanol–water partition coefficient (Wildman–Crippen LogP) is 2.77. The molecule has 3 rings (SSSR count). The maximum atomic E-state index is 12.9. The Balaban J connectivity index is 1.92. The summed E-state index contributed by atoms with van der Waals surface area (Å²) >= 11 is 0. The second kappa shape index (κ2) is 8.31. The van der Waals surface area contributed by atoms with Gasteiger partial charge in [-0.25, -0.2) is 0 Å². The van der Waals surface area contributed by atoms with Gasteiger partial charge in [0.2, 0.25) is 5.75 Å². The molecule has 0 bridgehead atoms. The van der Waals surface area contributed by atoms with Crippen molar-refractivity contribution in [1.29, 1.82) is 0 Å². The lowest BCUT2D eigenvalue weighted by molar-refractivity contribution is 0.0664. The summed E-state index contributed by atoms with van der Waals surface area (Å²) in [7, 11) is 6.84. The zero-order valence-electron chi connectivity index (χ0n) is 16.3. The lowest BCUT2D eigenvalue weighted by atomic mass is 10.0. The maximum absolute atomic E-state index is 12.9. The van der Waals surface area contributed by atoms with Crippen molar-refractivity contribution in [1.82, 2.24) is 9.80 Å². The summed E-state index contributed by atoms with van der Waals surface area (Å²) in [6.07, 6.45) is 0. The summed E-state index contributed by atoms with van der Waals surface area (Å²) in [5, 5.41) is 0. The number of hydrogen-bond donors (Lipinski definition) is 0. The minimum absolute atomic E-state index is 0.0670. The molecular formula is C21H26N2O4. The quantitative estimate of drug-likeness (QED) is 0.810. The Morgan fingerprint density at radius 3 is 2.04 bits per heavy atom. The van der Waals surface area contributed by atoms with E-state index in [9.17, 15) is 4.79 Å². The monoisotopic (exact) mass is 370 g/mol. The fourth-order valence-corrected chi connectivity index (χ4v) is 3.27. The Morgan fingerprint density at radius 1 is 0.852 bits per heavy atom. The Hall–Kier alpha value is -2.73. The highest BCUT2D eigenvalue weighted by Gasteiger charge is 2.21. The molecule has 6 nitrogen and oxygen atoms in total. The van der Waals surface area contributed by atoms with Crippen LogP contribution >= 0.6 is 0 Å². The van der Waals surface area contributed by atoms with Crippen LogP contribution < -0.4 is 14.2 Å². The van der Waals surface area contributed by atoms with E-state index in [1.807, 2.05) is 41.3 Å². The standard InChI is InChI=1S/C21H26N2O4/c1-22-8-10-23(11-9-22)21(24)16-7-5-6-15(12-16)17-13-18(25-2)20(27-4)19(14-17)26-3/h5-7,12-14H,8-11H2,1-4H3. The van der Waals surface area contributed by atoms with Gasteiger partial charge >= 0.3 is 0 Å². The molecule has 144 valence electrons. The van der Waals surface area contributed by atoms with Gasteiger partial charge in [0, 0.05) is 31.7 Å². The number of benzene rings is 2. The third-order valence-corrected chi connectivity index (χ3v) is 4.90. The van der Waals surface area contributed by atoms with Crippen molar-refractivity contribution >= 4 is 5.91 Å². The molecule has 6 heteroatoms. The topological polar surface area (TPSA) is 51.2 Å². The molecule has 1 aliphatic rings. The second-order valence-electron chi connectivity index (χ2n) is 6.59. The van der Waals surface area contributed by atoms with Gasteiger partial charge in [0.1, 0.15) is 0 Å². The average Bonchev–Trinajstić information content (AvgIpc) is 2.72. The van der Waals surface area contributed by atoms with Crippen molar-refractivity contribution in [3.05, 3.63) is 42.0 Å². The van der Waals surface area contributed by atoms with Crippen molar-refractivity contribution < 1.29 is 19.0 Å². The van der Waals surface area contributed by atoms with Gasteiger partial charge in [0.05, 0.1) is 21.3 Å². The molecule has 1 amide bonds. The molecule has 2 aromatic rings. The van der Waals surface area contributed by atoms with E-state index in [0.717, 1.165) is 37.3 Å². The minimum Gasteiger partial charge on any atom is -0.493 e. The SMILES string of the molecule is COc1cc(-c2cccc(C(=O)N3CCN(C)CC3)c2)cc(OC)c1OC. The Morgan fingerprint density at radius 2 is 1.48 bits per heavy atom. The van der Waals surface area contributed by atoms with Gasteiger partial charge in [-0.05, 0) is 42.4 Å². The smallest absolute Gasteiger partial charge is 0.253 e. The molecule has 0 N–H and O–H groups in total. The predicted molar refractivity (Wildman–Crippen MR) is 105 cm³/mol. The molecule has 0 aliphatic carbocycles. The van der Waals surface area contributed by atoms with Gasteiger partial charge in [-0.2, -0.15) is 0 Å². The normalized spacial score (nSPS) is 14.7.